The highest BCUT2D eigenvalue weighted by molar-refractivity contribution is 5.85. The number of hydrazone groups is 1. The van der Waals surface area contributed by atoms with Gasteiger partial charge in [0.25, 0.3) is 11.6 Å². The quantitative estimate of drug-likeness (QED) is 0.316. The number of ether oxygens (including phenoxy) is 3. The fraction of sp³-hybridized carbons (Fsp3) is 0.0909. The van der Waals surface area contributed by atoms with Crippen molar-refractivity contribution in [2.24, 2.45) is 5.10 Å². The van der Waals surface area contributed by atoms with Gasteiger partial charge in [0.2, 0.25) is 11.9 Å². The van der Waals surface area contributed by atoms with Crippen LogP contribution in [0.2, 0.25) is 0 Å². The average Bonchev–Trinajstić information content (AvgIpc) is 2.84. The van der Waals surface area contributed by atoms with E-state index >= 15 is 0 Å². The molecular formula is C22H16N4O8. The molecule has 1 atom stereocenters. The van der Waals surface area contributed by atoms with Crippen molar-refractivity contribution in [3.63, 3.8) is 0 Å². The van der Waals surface area contributed by atoms with Gasteiger partial charge in [-0.2, -0.15) is 5.10 Å². The summed E-state index contributed by atoms with van der Waals surface area (Å²) in [4.78, 5) is 33.0. The van der Waals surface area contributed by atoms with Gasteiger partial charge in [-0.15, -0.1) is 0 Å². The summed E-state index contributed by atoms with van der Waals surface area (Å²) >= 11 is 0. The van der Waals surface area contributed by atoms with E-state index in [1.54, 1.807) is 42.5 Å². The molecule has 0 aliphatic carbocycles. The van der Waals surface area contributed by atoms with Crippen LogP contribution < -0.4 is 19.6 Å². The minimum atomic E-state index is -0.871. The Labute approximate surface area is 191 Å². The molecule has 3 aromatic rings. The number of fused-ring (bicyclic) bond motifs is 1. The number of hydrogen-bond acceptors (Lipinski definition) is 9. The van der Waals surface area contributed by atoms with Gasteiger partial charge in [-0.1, -0.05) is 24.3 Å². The molecule has 1 amide bonds. The normalized spacial score (nSPS) is 14.4. The summed E-state index contributed by atoms with van der Waals surface area (Å²) in [7, 11) is 0. The summed E-state index contributed by atoms with van der Waals surface area (Å²) in [6, 6.07) is 16.4. The second kappa shape index (κ2) is 9.65. The number of non-ortho nitro benzene ring substituents is 1. The van der Waals surface area contributed by atoms with E-state index < -0.39 is 33.2 Å². The smallest absolute Gasteiger partial charge is 0.318 e. The van der Waals surface area contributed by atoms with Crippen molar-refractivity contribution in [3.8, 4) is 23.0 Å². The van der Waals surface area contributed by atoms with E-state index in [0.29, 0.717) is 17.1 Å². The molecule has 0 radical (unpaired) electrons. The highest BCUT2D eigenvalue weighted by Gasteiger charge is 2.27. The predicted molar refractivity (Wildman–Crippen MR) is 118 cm³/mol. The van der Waals surface area contributed by atoms with Crippen LogP contribution in [0, 0.1) is 20.2 Å². The Kier molecular flexibility index (Phi) is 6.30. The van der Waals surface area contributed by atoms with E-state index in [9.17, 15) is 25.0 Å². The number of nitrogens with zero attached hydrogens (tertiary/aromatic N) is 3. The molecule has 0 fully saturated rings. The highest BCUT2D eigenvalue weighted by Crippen LogP contribution is 2.34. The van der Waals surface area contributed by atoms with E-state index in [1.165, 1.54) is 12.3 Å². The molecule has 1 N–H and O–H groups in total. The van der Waals surface area contributed by atoms with Crippen molar-refractivity contribution in [1.29, 1.82) is 0 Å². The molecule has 1 heterocycles. The maximum absolute atomic E-state index is 12.3. The summed E-state index contributed by atoms with van der Waals surface area (Å²) in [6.07, 6.45) is 0.483. The first kappa shape index (κ1) is 22.2. The topological polar surface area (TPSA) is 155 Å². The third-order valence-electron chi connectivity index (χ3n) is 4.63. The fourth-order valence-corrected chi connectivity index (χ4v) is 3.02. The minimum Gasteiger partial charge on any atom is -0.485 e. The standard InChI is InChI=1S/C22H16N4O8/c27-22(21-13-32-19-6-1-2-7-20(19)34-21)24-23-12-14-4-3-5-16(10-14)33-18-9-8-15(25(28)29)11-17(18)26(30)31/h1-12,21H,13H2,(H,24,27)/b23-12+/t21-/m0/s1. The van der Waals surface area contributed by atoms with Crippen LogP contribution in [0.1, 0.15) is 5.56 Å². The molecule has 0 unspecified atom stereocenters. The second-order valence-electron chi connectivity index (χ2n) is 6.94. The van der Waals surface area contributed by atoms with Gasteiger partial charge < -0.3 is 14.2 Å². The van der Waals surface area contributed by atoms with E-state index in [2.05, 4.69) is 10.5 Å². The maximum atomic E-state index is 12.3. The van der Waals surface area contributed by atoms with Crippen LogP contribution in [0.25, 0.3) is 0 Å². The molecular weight excluding hydrogens is 448 g/mol. The van der Waals surface area contributed by atoms with Gasteiger partial charge in [0, 0.05) is 6.07 Å². The van der Waals surface area contributed by atoms with Crippen LogP contribution in [-0.4, -0.2) is 34.7 Å². The fourth-order valence-electron chi connectivity index (χ4n) is 3.02. The largest absolute Gasteiger partial charge is 0.485 e. The molecule has 12 heteroatoms. The van der Waals surface area contributed by atoms with Gasteiger partial charge in [0.15, 0.2) is 11.5 Å². The summed E-state index contributed by atoms with van der Waals surface area (Å²) in [5, 5.41) is 26.1. The van der Waals surface area contributed by atoms with E-state index in [4.69, 9.17) is 14.2 Å². The molecule has 12 nitrogen and oxygen atoms in total. The number of amides is 1. The first-order valence-corrected chi connectivity index (χ1v) is 9.83. The number of hydrogen-bond donors (Lipinski definition) is 1. The lowest BCUT2D eigenvalue weighted by atomic mass is 10.2. The Morgan fingerprint density at radius 2 is 1.82 bits per heavy atom. The van der Waals surface area contributed by atoms with Crippen molar-refractivity contribution >= 4 is 23.5 Å². The molecule has 3 aromatic carbocycles. The van der Waals surface area contributed by atoms with Crippen molar-refractivity contribution in [3.05, 3.63) is 92.5 Å². The van der Waals surface area contributed by atoms with Gasteiger partial charge in [-0.05, 0) is 35.9 Å². The van der Waals surface area contributed by atoms with Crippen LogP contribution >= 0.6 is 0 Å². The van der Waals surface area contributed by atoms with Gasteiger partial charge in [-0.3, -0.25) is 25.0 Å². The SMILES string of the molecule is O=C(N/N=C/c1cccc(Oc2ccc([N+](=O)[O-])cc2[N+](=O)[O-])c1)[C@@H]1COc2ccccc2O1. The van der Waals surface area contributed by atoms with E-state index in [-0.39, 0.29) is 18.1 Å². The Bertz CT molecular complexity index is 1290. The molecule has 0 spiro atoms. The zero-order valence-electron chi connectivity index (χ0n) is 17.3. The number of carbonyl (C=O) groups is 1. The van der Waals surface area contributed by atoms with Crippen molar-refractivity contribution < 1.29 is 28.9 Å². The number of nitro groups is 2. The van der Waals surface area contributed by atoms with Crippen molar-refractivity contribution in [2.45, 2.75) is 6.10 Å². The van der Waals surface area contributed by atoms with Gasteiger partial charge >= 0.3 is 5.69 Å². The summed E-state index contributed by atoms with van der Waals surface area (Å²) < 4.78 is 16.7. The molecule has 1 aliphatic rings. The number of rotatable bonds is 7. The van der Waals surface area contributed by atoms with Crippen LogP contribution in [-0.2, 0) is 4.79 Å². The lowest BCUT2D eigenvalue weighted by molar-refractivity contribution is -0.394. The zero-order valence-corrected chi connectivity index (χ0v) is 17.3. The first-order valence-electron chi connectivity index (χ1n) is 9.83. The van der Waals surface area contributed by atoms with Crippen LogP contribution in [0.15, 0.2) is 71.8 Å². The predicted octanol–water partition coefficient (Wildman–Crippen LogP) is 3.59. The molecule has 0 bridgehead atoms. The number of benzene rings is 3. The second-order valence-corrected chi connectivity index (χ2v) is 6.94. The lowest BCUT2D eigenvalue weighted by Crippen LogP contribution is -2.42. The summed E-state index contributed by atoms with van der Waals surface area (Å²) in [6.45, 7) is 0.0374. The molecule has 4 rings (SSSR count). The Morgan fingerprint density at radius 1 is 1.03 bits per heavy atom. The minimum absolute atomic E-state index is 0.0374. The zero-order chi connectivity index (χ0) is 24.1. The molecule has 172 valence electrons. The Hall–Kier alpha value is -5.00. The number of nitro benzene ring substituents is 2. The van der Waals surface area contributed by atoms with Gasteiger partial charge in [0.05, 0.1) is 22.1 Å². The van der Waals surface area contributed by atoms with Crippen LogP contribution in [0.5, 0.6) is 23.0 Å². The maximum Gasteiger partial charge on any atom is 0.318 e. The van der Waals surface area contributed by atoms with Crippen molar-refractivity contribution in [1.82, 2.24) is 5.43 Å². The molecule has 0 saturated heterocycles. The third-order valence-corrected chi connectivity index (χ3v) is 4.63. The first-order chi connectivity index (χ1) is 16.4. The Morgan fingerprint density at radius 3 is 2.59 bits per heavy atom. The van der Waals surface area contributed by atoms with Gasteiger partial charge in [-0.25, -0.2) is 5.43 Å². The molecule has 0 aromatic heterocycles. The summed E-state index contributed by atoms with van der Waals surface area (Å²) in [5.74, 6) is 0.587. The van der Waals surface area contributed by atoms with Crippen LogP contribution in [0.3, 0.4) is 0 Å². The van der Waals surface area contributed by atoms with E-state index in [1.807, 2.05) is 0 Å². The van der Waals surface area contributed by atoms with Gasteiger partial charge in [0.1, 0.15) is 12.4 Å². The monoisotopic (exact) mass is 464 g/mol. The molecule has 1 aliphatic heterocycles. The van der Waals surface area contributed by atoms with E-state index in [0.717, 1.165) is 18.2 Å². The summed E-state index contributed by atoms with van der Waals surface area (Å²) in [5.41, 5.74) is 1.93. The molecule has 34 heavy (non-hydrogen) atoms. The highest BCUT2D eigenvalue weighted by atomic mass is 16.6. The number of carbonyl (C=O) groups excluding carboxylic acids is 1. The van der Waals surface area contributed by atoms with Crippen molar-refractivity contribution in [2.75, 3.05) is 6.61 Å². The lowest BCUT2D eigenvalue weighted by Gasteiger charge is -2.24. The average molecular weight is 464 g/mol. The molecule has 0 saturated carbocycles. The number of para-hydroxylation sites is 2. The third kappa shape index (κ3) is 5.07. The van der Waals surface area contributed by atoms with Crippen LogP contribution in [0.4, 0.5) is 11.4 Å². The Balaban J connectivity index is 1.41. The number of nitrogens with one attached hydrogen (secondary N) is 1.